The summed E-state index contributed by atoms with van der Waals surface area (Å²) in [6.45, 7) is 0.426. The number of anilines is 2. The van der Waals surface area contributed by atoms with E-state index in [2.05, 4.69) is 36.9 Å². The van der Waals surface area contributed by atoms with E-state index in [1.807, 2.05) is 68.8 Å². The number of nitrogens with zero attached hydrogens (tertiary/aromatic N) is 9. The fourth-order valence-corrected chi connectivity index (χ4v) is 5.58. The minimum absolute atomic E-state index is 0.0348. The second-order valence-electron chi connectivity index (χ2n) is 10.9. The summed E-state index contributed by atoms with van der Waals surface area (Å²) in [6.07, 6.45) is 11.9. The molecule has 1 saturated carbocycles. The summed E-state index contributed by atoms with van der Waals surface area (Å²) < 4.78 is 3.44. The molecule has 0 atom stereocenters. The number of urea groups is 1. The van der Waals surface area contributed by atoms with E-state index >= 15 is 0 Å². The molecule has 0 saturated heterocycles. The minimum Gasteiger partial charge on any atom is -0.351 e. The lowest BCUT2D eigenvalue weighted by molar-refractivity contribution is 0.240. The van der Waals surface area contributed by atoms with Crippen molar-refractivity contribution in [1.29, 1.82) is 5.26 Å². The molecule has 0 unspecified atom stereocenters. The summed E-state index contributed by atoms with van der Waals surface area (Å²) in [4.78, 5) is 29.3. The Morgan fingerprint density at radius 2 is 1.80 bits per heavy atom. The van der Waals surface area contributed by atoms with Gasteiger partial charge in [0.15, 0.2) is 0 Å². The van der Waals surface area contributed by atoms with Crippen LogP contribution in [0.4, 0.5) is 16.6 Å². The summed E-state index contributed by atoms with van der Waals surface area (Å²) in [7, 11) is 3.69. The maximum Gasteiger partial charge on any atom is 0.323 e. The number of amides is 2. The molecule has 0 spiro atoms. The first-order valence-electron chi connectivity index (χ1n) is 14.6. The van der Waals surface area contributed by atoms with Crippen LogP contribution in [0, 0.1) is 11.3 Å². The molecule has 2 N–H and O–H groups in total. The van der Waals surface area contributed by atoms with E-state index in [1.54, 1.807) is 39.1 Å². The Morgan fingerprint density at radius 3 is 2.45 bits per heavy atom. The smallest absolute Gasteiger partial charge is 0.323 e. The van der Waals surface area contributed by atoms with Crippen LogP contribution in [0.1, 0.15) is 36.8 Å². The molecule has 222 valence electrons. The molecular weight excluding hydrogens is 554 g/mol. The number of nitriles is 1. The fourth-order valence-electron chi connectivity index (χ4n) is 5.58. The second kappa shape index (κ2) is 12.7. The zero-order valence-electron chi connectivity index (χ0n) is 24.6. The Balaban J connectivity index is 1.17. The van der Waals surface area contributed by atoms with E-state index in [-0.39, 0.29) is 18.1 Å². The number of rotatable bonds is 8. The predicted molar refractivity (Wildman–Crippen MR) is 166 cm³/mol. The zero-order chi connectivity index (χ0) is 30.5. The quantitative estimate of drug-likeness (QED) is 0.266. The van der Waals surface area contributed by atoms with Crippen LogP contribution in [0.25, 0.3) is 22.5 Å². The number of aryl methyl sites for hydroxylation is 2. The topological polar surface area (TPSA) is 142 Å². The molecule has 1 aliphatic carbocycles. The highest BCUT2D eigenvalue weighted by molar-refractivity contribution is 5.91. The molecule has 1 aliphatic rings. The van der Waals surface area contributed by atoms with Crippen molar-refractivity contribution < 1.29 is 4.79 Å². The van der Waals surface area contributed by atoms with Crippen molar-refractivity contribution in [2.45, 2.75) is 44.3 Å². The van der Waals surface area contributed by atoms with Crippen LogP contribution in [0.5, 0.6) is 0 Å². The average molecular weight is 588 g/mol. The molecule has 1 aromatic carbocycles. The Hall–Kier alpha value is -5.57. The van der Waals surface area contributed by atoms with Gasteiger partial charge in [0.25, 0.3) is 0 Å². The molecule has 12 nitrogen and oxygen atoms in total. The van der Waals surface area contributed by atoms with Crippen LogP contribution < -0.4 is 15.5 Å². The molecule has 5 aromatic rings. The van der Waals surface area contributed by atoms with Gasteiger partial charge in [-0.3, -0.25) is 14.3 Å². The summed E-state index contributed by atoms with van der Waals surface area (Å²) in [6, 6.07) is 17.7. The monoisotopic (exact) mass is 587 g/mol. The first kappa shape index (κ1) is 28.5. The highest BCUT2D eigenvalue weighted by Crippen LogP contribution is 2.30. The van der Waals surface area contributed by atoms with Gasteiger partial charge in [-0.05, 0) is 49.4 Å². The van der Waals surface area contributed by atoms with Gasteiger partial charge in [-0.2, -0.15) is 15.5 Å². The maximum atomic E-state index is 13.7. The first-order chi connectivity index (χ1) is 21.5. The van der Waals surface area contributed by atoms with Gasteiger partial charge in [-0.25, -0.2) is 19.7 Å². The lowest BCUT2D eigenvalue weighted by atomic mass is 9.90. The lowest BCUT2D eigenvalue weighted by Crippen LogP contribution is -2.49. The third-order valence-electron chi connectivity index (χ3n) is 7.91. The molecule has 2 amide bonds. The van der Waals surface area contributed by atoms with Crippen molar-refractivity contribution in [2.75, 3.05) is 10.2 Å². The number of benzene rings is 1. The van der Waals surface area contributed by atoms with Crippen molar-refractivity contribution in [3.8, 4) is 28.6 Å². The van der Waals surface area contributed by atoms with Crippen molar-refractivity contribution in [3.63, 3.8) is 0 Å². The standard InChI is InChI=1S/C32H33N11O/c1-41-21-25(20-38-41)23-8-13-29(34-18-23)43(32(44)36-17-22-6-4-3-5-7-22)27-11-9-26(10-12-27)39-31-35-19-24(16-33)30(40-31)28-14-15-37-42(28)2/h3-8,13-15,18-21,26-27H,9-12,17H2,1-2H3,(H,36,44)(H,35,39,40). The van der Waals surface area contributed by atoms with E-state index < -0.39 is 0 Å². The number of hydrogen-bond donors (Lipinski definition) is 2. The molecule has 0 radical (unpaired) electrons. The van der Waals surface area contributed by atoms with Crippen molar-refractivity contribution in [1.82, 2.24) is 39.8 Å². The first-order valence-corrected chi connectivity index (χ1v) is 14.6. The van der Waals surface area contributed by atoms with E-state index in [0.717, 1.165) is 48.1 Å². The number of nitrogens with one attached hydrogen (secondary N) is 2. The zero-order valence-corrected chi connectivity index (χ0v) is 24.6. The lowest BCUT2D eigenvalue weighted by Gasteiger charge is -2.36. The number of pyridine rings is 1. The van der Waals surface area contributed by atoms with E-state index in [1.165, 1.54) is 0 Å². The van der Waals surface area contributed by atoms with Crippen molar-refractivity contribution in [3.05, 3.63) is 90.6 Å². The Labute approximate surface area is 255 Å². The third-order valence-corrected chi connectivity index (χ3v) is 7.91. The van der Waals surface area contributed by atoms with Crippen LogP contribution in [-0.2, 0) is 20.6 Å². The summed E-state index contributed by atoms with van der Waals surface area (Å²) in [5.74, 6) is 1.07. The van der Waals surface area contributed by atoms with Crippen LogP contribution in [0.15, 0.2) is 79.5 Å². The van der Waals surface area contributed by atoms with Gasteiger partial charge in [0.1, 0.15) is 17.6 Å². The highest BCUT2D eigenvalue weighted by Gasteiger charge is 2.31. The predicted octanol–water partition coefficient (Wildman–Crippen LogP) is 4.68. The van der Waals surface area contributed by atoms with Crippen LogP contribution in [0.3, 0.4) is 0 Å². The van der Waals surface area contributed by atoms with Gasteiger partial charge in [-0.1, -0.05) is 30.3 Å². The van der Waals surface area contributed by atoms with Gasteiger partial charge < -0.3 is 10.6 Å². The summed E-state index contributed by atoms with van der Waals surface area (Å²) in [5, 5.41) is 24.6. The largest absolute Gasteiger partial charge is 0.351 e. The van der Waals surface area contributed by atoms with Crippen molar-refractivity contribution >= 4 is 17.8 Å². The van der Waals surface area contributed by atoms with Gasteiger partial charge in [0.2, 0.25) is 5.95 Å². The molecule has 0 bridgehead atoms. The summed E-state index contributed by atoms with van der Waals surface area (Å²) in [5.41, 5.74) is 4.61. The molecule has 12 heteroatoms. The van der Waals surface area contributed by atoms with E-state index in [9.17, 15) is 10.1 Å². The van der Waals surface area contributed by atoms with Gasteiger partial charge in [0.05, 0.1) is 23.7 Å². The van der Waals surface area contributed by atoms with Gasteiger partial charge in [0, 0.05) is 62.4 Å². The van der Waals surface area contributed by atoms with Crippen molar-refractivity contribution in [2.24, 2.45) is 14.1 Å². The number of hydrogen-bond acceptors (Lipinski definition) is 8. The molecule has 4 heterocycles. The third kappa shape index (κ3) is 6.27. The normalized spacial score (nSPS) is 16.2. The van der Waals surface area contributed by atoms with Gasteiger partial charge >= 0.3 is 6.03 Å². The molecular formula is C32H33N11O. The highest BCUT2D eigenvalue weighted by atomic mass is 16.2. The number of carbonyl (C=O) groups excluding carboxylic acids is 1. The number of carbonyl (C=O) groups is 1. The Morgan fingerprint density at radius 1 is 0.977 bits per heavy atom. The molecule has 44 heavy (non-hydrogen) atoms. The van der Waals surface area contributed by atoms with Crippen LogP contribution in [-0.4, -0.2) is 52.6 Å². The van der Waals surface area contributed by atoms with E-state index in [0.29, 0.717) is 29.6 Å². The SMILES string of the molecule is Cn1cc(-c2ccc(N(C(=O)NCc3ccccc3)C3CCC(Nc4ncc(C#N)c(-c5ccnn5C)n4)CC3)nc2)cn1. The molecule has 4 aromatic heterocycles. The Bertz CT molecular complexity index is 1760. The molecule has 6 rings (SSSR count). The minimum atomic E-state index is -0.178. The Kier molecular flexibility index (Phi) is 8.27. The molecule has 1 fully saturated rings. The fraction of sp³-hybridized carbons (Fsp3) is 0.281. The second-order valence-corrected chi connectivity index (χ2v) is 10.9. The molecule has 0 aliphatic heterocycles. The summed E-state index contributed by atoms with van der Waals surface area (Å²) >= 11 is 0. The van der Waals surface area contributed by atoms with E-state index in [4.69, 9.17) is 4.98 Å². The van der Waals surface area contributed by atoms with Crippen LogP contribution in [0.2, 0.25) is 0 Å². The van der Waals surface area contributed by atoms with Gasteiger partial charge in [-0.15, -0.1) is 0 Å². The van der Waals surface area contributed by atoms with Crippen LogP contribution >= 0.6 is 0 Å². The average Bonchev–Trinajstić information content (AvgIpc) is 3.69. The number of aromatic nitrogens is 7. The maximum absolute atomic E-state index is 13.7.